The molecule has 1 heterocycles. The number of halogens is 1. The summed E-state index contributed by atoms with van der Waals surface area (Å²) in [6.45, 7) is 3.23. The van der Waals surface area contributed by atoms with Gasteiger partial charge in [0.2, 0.25) is 11.7 Å². The number of aromatic hydroxyl groups is 1. The number of ether oxygens (including phenoxy) is 1. The van der Waals surface area contributed by atoms with Gasteiger partial charge in [0.25, 0.3) is 5.56 Å². The molecule has 7 heteroatoms. The van der Waals surface area contributed by atoms with Crippen LogP contribution in [0.5, 0.6) is 11.6 Å². The second kappa shape index (κ2) is 8.48. The van der Waals surface area contributed by atoms with Crippen molar-refractivity contribution in [2.45, 2.75) is 58.1 Å². The fourth-order valence-corrected chi connectivity index (χ4v) is 3.88. The van der Waals surface area contributed by atoms with Gasteiger partial charge in [0.05, 0.1) is 5.56 Å². The van der Waals surface area contributed by atoms with Crippen molar-refractivity contribution in [1.29, 1.82) is 5.26 Å². The third-order valence-corrected chi connectivity index (χ3v) is 5.44. The van der Waals surface area contributed by atoms with Gasteiger partial charge in [-0.05, 0) is 56.0 Å². The minimum Gasteiger partial charge on any atom is -0.494 e. The van der Waals surface area contributed by atoms with Crippen molar-refractivity contribution in [3.63, 3.8) is 0 Å². The molecule has 1 aliphatic rings. The van der Waals surface area contributed by atoms with E-state index in [0.29, 0.717) is 25.0 Å². The maximum Gasteiger partial charge on any atom is 0.271 e. The third kappa shape index (κ3) is 3.88. The Balaban J connectivity index is 2.06. The van der Waals surface area contributed by atoms with Gasteiger partial charge in [0.15, 0.2) is 6.10 Å². The summed E-state index contributed by atoms with van der Waals surface area (Å²) in [7, 11) is 0. The van der Waals surface area contributed by atoms with Crippen LogP contribution >= 0.6 is 0 Å². The standard InChI is InChI=1S/C22H23FN2O4/c1-3-18(29-16-10-8-14(23)9-11-16)20(26)19-13(2)17(12-24)21(27)25(22(19)28)15-6-4-5-7-15/h8-11,15,18,28H,3-7H2,1-2H3. The van der Waals surface area contributed by atoms with Crippen LogP contribution in [0.4, 0.5) is 4.39 Å². The number of benzene rings is 1. The molecule has 0 amide bonds. The highest BCUT2D eigenvalue weighted by molar-refractivity contribution is 6.03. The van der Waals surface area contributed by atoms with E-state index in [9.17, 15) is 24.3 Å². The monoisotopic (exact) mass is 398 g/mol. The zero-order valence-corrected chi connectivity index (χ0v) is 16.4. The van der Waals surface area contributed by atoms with Crippen LogP contribution in [-0.2, 0) is 0 Å². The number of pyridine rings is 1. The topological polar surface area (TPSA) is 92.3 Å². The molecule has 1 saturated carbocycles. The first-order chi connectivity index (χ1) is 13.9. The summed E-state index contributed by atoms with van der Waals surface area (Å²) in [5.41, 5.74) is -0.634. The van der Waals surface area contributed by atoms with Gasteiger partial charge in [-0.25, -0.2) is 4.39 Å². The molecule has 2 aromatic rings. The molecule has 1 atom stereocenters. The molecule has 1 aromatic heterocycles. The van der Waals surface area contributed by atoms with Crippen molar-refractivity contribution in [3.05, 3.63) is 57.1 Å². The summed E-state index contributed by atoms with van der Waals surface area (Å²) in [5, 5.41) is 20.4. The Bertz CT molecular complexity index is 1020. The number of carbonyl (C=O) groups is 1. The number of hydrogen-bond donors (Lipinski definition) is 1. The summed E-state index contributed by atoms with van der Waals surface area (Å²) >= 11 is 0. The van der Waals surface area contributed by atoms with Crippen molar-refractivity contribution in [3.8, 4) is 17.7 Å². The number of hydrogen-bond acceptors (Lipinski definition) is 5. The summed E-state index contributed by atoms with van der Waals surface area (Å²) in [6.07, 6.45) is 2.59. The smallest absolute Gasteiger partial charge is 0.271 e. The molecule has 0 aliphatic heterocycles. The molecule has 1 aliphatic carbocycles. The van der Waals surface area contributed by atoms with Crippen LogP contribution in [0.15, 0.2) is 29.1 Å². The molecule has 0 saturated heterocycles. The largest absolute Gasteiger partial charge is 0.494 e. The maximum absolute atomic E-state index is 13.3. The summed E-state index contributed by atoms with van der Waals surface area (Å²) in [4.78, 5) is 26.0. The van der Waals surface area contributed by atoms with E-state index in [1.807, 2.05) is 6.07 Å². The molecular weight excluding hydrogens is 375 g/mol. The van der Waals surface area contributed by atoms with E-state index in [0.717, 1.165) is 12.8 Å². The average molecular weight is 398 g/mol. The minimum atomic E-state index is -0.953. The predicted octanol–water partition coefficient (Wildman–Crippen LogP) is 4.03. The van der Waals surface area contributed by atoms with Crippen molar-refractivity contribution >= 4 is 5.78 Å². The van der Waals surface area contributed by atoms with E-state index >= 15 is 0 Å². The minimum absolute atomic E-state index is 0.0676. The first kappa shape index (κ1) is 20.6. The second-order valence-electron chi connectivity index (χ2n) is 7.26. The lowest BCUT2D eigenvalue weighted by molar-refractivity contribution is 0.0780. The highest BCUT2D eigenvalue weighted by Crippen LogP contribution is 2.34. The van der Waals surface area contributed by atoms with Crippen LogP contribution in [0.1, 0.15) is 66.6 Å². The second-order valence-corrected chi connectivity index (χ2v) is 7.26. The first-order valence-electron chi connectivity index (χ1n) is 9.73. The molecule has 0 bridgehead atoms. The van der Waals surface area contributed by atoms with Crippen molar-refractivity contribution in [2.24, 2.45) is 0 Å². The molecule has 1 fully saturated rings. The predicted molar refractivity (Wildman–Crippen MR) is 105 cm³/mol. The van der Waals surface area contributed by atoms with Gasteiger partial charge >= 0.3 is 0 Å². The van der Waals surface area contributed by atoms with Crippen LogP contribution in [0.25, 0.3) is 0 Å². The van der Waals surface area contributed by atoms with Gasteiger partial charge in [-0.15, -0.1) is 0 Å². The summed E-state index contributed by atoms with van der Waals surface area (Å²) in [6, 6.07) is 6.93. The normalized spacial score (nSPS) is 15.1. The molecule has 0 spiro atoms. The van der Waals surface area contributed by atoms with Gasteiger partial charge in [0, 0.05) is 6.04 Å². The van der Waals surface area contributed by atoms with E-state index in [4.69, 9.17) is 4.74 Å². The highest BCUT2D eigenvalue weighted by atomic mass is 19.1. The lowest BCUT2D eigenvalue weighted by Crippen LogP contribution is -2.33. The molecule has 0 radical (unpaired) electrons. The Morgan fingerprint density at radius 3 is 2.52 bits per heavy atom. The van der Waals surface area contributed by atoms with E-state index in [1.54, 1.807) is 6.92 Å². The van der Waals surface area contributed by atoms with Crippen LogP contribution in [0.3, 0.4) is 0 Å². The zero-order chi connectivity index (χ0) is 21.1. The molecule has 6 nitrogen and oxygen atoms in total. The summed E-state index contributed by atoms with van der Waals surface area (Å²) < 4.78 is 20.0. The SMILES string of the molecule is CCC(Oc1ccc(F)cc1)C(=O)c1c(C)c(C#N)c(=O)n(C2CCCC2)c1O. The molecule has 1 unspecified atom stereocenters. The Morgan fingerprint density at radius 1 is 1.34 bits per heavy atom. The number of nitriles is 1. The van der Waals surface area contributed by atoms with Crippen LogP contribution in [0.2, 0.25) is 0 Å². The van der Waals surface area contributed by atoms with Gasteiger partial charge in [-0.3, -0.25) is 14.2 Å². The molecule has 152 valence electrons. The fraction of sp³-hybridized carbons (Fsp3) is 0.409. The lowest BCUT2D eigenvalue weighted by atomic mass is 9.97. The number of carbonyl (C=O) groups excluding carboxylic acids is 1. The molecular formula is C22H23FN2O4. The quantitative estimate of drug-likeness (QED) is 0.742. The van der Waals surface area contributed by atoms with Crippen LogP contribution in [-0.4, -0.2) is 21.6 Å². The highest BCUT2D eigenvalue weighted by Gasteiger charge is 2.32. The maximum atomic E-state index is 13.3. The van der Waals surface area contributed by atoms with E-state index in [2.05, 4.69) is 0 Å². The third-order valence-electron chi connectivity index (χ3n) is 5.44. The molecule has 29 heavy (non-hydrogen) atoms. The molecule has 1 N–H and O–H groups in total. The Labute approximate surface area is 168 Å². The van der Waals surface area contributed by atoms with Crippen molar-refractivity contribution in [1.82, 2.24) is 4.57 Å². The average Bonchev–Trinajstić information content (AvgIpc) is 3.22. The van der Waals surface area contributed by atoms with Crippen molar-refractivity contribution < 1.29 is 19.0 Å². The summed E-state index contributed by atoms with van der Waals surface area (Å²) in [5.74, 6) is -1.04. The van der Waals surface area contributed by atoms with Gasteiger partial charge < -0.3 is 9.84 Å². The van der Waals surface area contributed by atoms with Crippen LogP contribution < -0.4 is 10.3 Å². The fourth-order valence-electron chi connectivity index (χ4n) is 3.88. The van der Waals surface area contributed by atoms with Gasteiger partial charge in [-0.2, -0.15) is 5.26 Å². The van der Waals surface area contributed by atoms with Crippen LogP contribution in [0, 0.1) is 24.1 Å². The molecule has 1 aromatic carbocycles. The first-order valence-corrected chi connectivity index (χ1v) is 9.73. The van der Waals surface area contributed by atoms with E-state index < -0.39 is 29.1 Å². The Morgan fingerprint density at radius 2 is 1.97 bits per heavy atom. The van der Waals surface area contributed by atoms with E-state index in [1.165, 1.54) is 35.8 Å². The number of aromatic nitrogens is 1. The Hall–Kier alpha value is -3.14. The lowest BCUT2D eigenvalue weighted by Gasteiger charge is -2.22. The van der Waals surface area contributed by atoms with Gasteiger partial charge in [0.1, 0.15) is 23.2 Å². The Kier molecular flexibility index (Phi) is 6.02. The zero-order valence-electron chi connectivity index (χ0n) is 16.4. The number of Topliss-reactive ketones (excluding diaryl/α,β-unsaturated/α-hetero) is 1. The number of rotatable bonds is 6. The number of nitrogens with zero attached hydrogens (tertiary/aromatic N) is 2. The van der Waals surface area contributed by atoms with Gasteiger partial charge in [-0.1, -0.05) is 19.8 Å². The van der Waals surface area contributed by atoms with E-state index in [-0.39, 0.29) is 22.7 Å². The molecule has 3 rings (SSSR count). The number of ketones is 1. The van der Waals surface area contributed by atoms with Crippen molar-refractivity contribution in [2.75, 3.05) is 0 Å².